The first-order valence-electron chi connectivity index (χ1n) is 11.4. The van der Waals surface area contributed by atoms with Crippen molar-refractivity contribution in [2.75, 3.05) is 43.1 Å². The molecule has 32 heavy (non-hydrogen) atoms. The maximum Gasteiger partial charge on any atom is 0.231 e. The van der Waals surface area contributed by atoms with E-state index < -0.39 is 0 Å². The fourth-order valence-electron chi connectivity index (χ4n) is 4.70. The summed E-state index contributed by atoms with van der Waals surface area (Å²) in [7, 11) is 0. The molecule has 2 fully saturated rings. The summed E-state index contributed by atoms with van der Waals surface area (Å²) >= 11 is 11.7. The molecule has 2 aliphatic heterocycles. The third-order valence-electron chi connectivity index (χ3n) is 6.54. The van der Waals surface area contributed by atoms with Crippen LogP contribution in [0.1, 0.15) is 43.9 Å². The van der Waals surface area contributed by atoms with E-state index >= 15 is 0 Å². The number of aromatic nitrogens is 2. The van der Waals surface area contributed by atoms with E-state index in [4.69, 9.17) is 33.5 Å². The van der Waals surface area contributed by atoms with Crippen LogP contribution in [0.25, 0.3) is 0 Å². The summed E-state index contributed by atoms with van der Waals surface area (Å²) in [5, 5.41) is 7.91. The highest BCUT2D eigenvalue weighted by Gasteiger charge is 2.34. The average Bonchev–Trinajstić information content (AvgIpc) is 2.78. The Labute approximate surface area is 201 Å². The van der Waals surface area contributed by atoms with Gasteiger partial charge in [-0.05, 0) is 68.4 Å². The van der Waals surface area contributed by atoms with Crippen molar-refractivity contribution >= 4 is 40.7 Å². The third kappa shape index (κ3) is 5.69. The molecule has 3 heterocycles. The molecule has 1 atom stereocenters. The SMILES string of the molecule is Cc1cc(N2CCCC(C)C2)nc(NC(=S)NCC2(c3ccc(Cl)cc3)CCOCC2)n1. The van der Waals surface area contributed by atoms with Crippen molar-refractivity contribution in [2.45, 2.75) is 44.9 Å². The van der Waals surface area contributed by atoms with Gasteiger partial charge in [0.2, 0.25) is 5.95 Å². The molecule has 0 amide bonds. The number of benzene rings is 1. The number of nitrogens with one attached hydrogen (secondary N) is 2. The summed E-state index contributed by atoms with van der Waals surface area (Å²) in [5.41, 5.74) is 2.14. The van der Waals surface area contributed by atoms with Gasteiger partial charge in [0.05, 0.1) is 0 Å². The first-order valence-corrected chi connectivity index (χ1v) is 12.2. The number of anilines is 2. The second-order valence-corrected chi connectivity index (χ2v) is 9.94. The molecule has 0 aliphatic carbocycles. The number of thiocarbonyl (C=S) groups is 1. The fraction of sp³-hybridized carbons (Fsp3) is 0.542. The van der Waals surface area contributed by atoms with Crippen LogP contribution in [0, 0.1) is 12.8 Å². The van der Waals surface area contributed by atoms with Crippen molar-refractivity contribution in [1.29, 1.82) is 0 Å². The van der Waals surface area contributed by atoms with Crippen molar-refractivity contribution in [3.8, 4) is 0 Å². The van der Waals surface area contributed by atoms with Gasteiger partial charge in [0.25, 0.3) is 0 Å². The zero-order chi connectivity index (χ0) is 22.6. The number of ether oxygens (including phenoxy) is 1. The molecule has 2 aromatic rings. The van der Waals surface area contributed by atoms with Gasteiger partial charge in [0, 0.05) is 55.0 Å². The smallest absolute Gasteiger partial charge is 0.231 e. The van der Waals surface area contributed by atoms with Crippen LogP contribution in [-0.2, 0) is 10.2 Å². The highest BCUT2D eigenvalue weighted by molar-refractivity contribution is 7.80. The molecule has 1 aromatic carbocycles. The molecule has 172 valence electrons. The maximum atomic E-state index is 6.11. The van der Waals surface area contributed by atoms with Gasteiger partial charge in [0.15, 0.2) is 5.11 Å². The number of hydrogen-bond donors (Lipinski definition) is 2. The summed E-state index contributed by atoms with van der Waals surface area (Å²) in [6.45, 7) is 8.56. The van der Waals surface area contributed by atoms with Gasteiger partial charge < -0.3 is 20.3 Å². The monoisotopic (exact) mass is 473 g/mol. The van der Waals surface area contributed by atoms with E-state index in [1.165, 1.54) is 18.4 Å². The number of piperidine rings is 1. The van der Waals surface area contributed by atoms with Crippen molar-refractivity contribution in [2.24, 2.45) is 5.92 Å². The number of nitrogens with zero attached hydrogens (tertiary/aromatic N) is 3. The largest absolute Gasteiger partial charge is 0.381 e. The lowest BCUT2D eigenvalue weighted by molar-refractivity contribution is 0.0515. The van der Waals surface area contributed by atoms with Crippen LogP contribution in [0.15, 0.2) is 30.3 Å². The number of hydrogen-bond acceptors (Lipinski definition) is 5. The zero-order valence-corrected chi connectivity index (χ0v) is 20.4. The summed E-state index contributed by atoms with van der Waals surface area (Å²) in [4.78, 5) is 11.7. The Morgan fingerprint density at radius 2 is 2.00 bits per heavy atom. The second kappa shape index (κ2) is 10.3. The molecule has 2 saturated heterocycles. The standard InChI is InChI=1S/C24H32ClN5OS/c1-17-4-3-11-30(15-17)21-14-18(2)27-22(28-21)29-23(32)26-16-24(9-12-31-13-10-24)19-5-7-20(25)8-6-19/h5-8,14,17H,3-4,9-13,15-16H2,1-2H3,(H2,26,27,28,29,32). The predicted molar refractivity (Wildman–Crippen MR) is 135 cm³/mol. The van der Waals surface area contributed by atoms with Gasteiger partial charge in [-0.2, -0.15) is 4.98 Å². The Bertz CT molecular complexity index is 932. The van der Waals surface area contributed by atoms with Gasteiger partial charge in [-0.3, -0.25) is 0 Å². The Morgan fingerprint density at radius 1 is 1.25 bits per heavy atom. The molecule has 1 unspecified atom stereocenters. The van der Waals surface area contributed by atoms with Crippen LogP contribution < -0.4 is 15.5 Å². The Balaban J connectivity index is 1.43. The maximum absolute atomic E-state index is 6.11. The summed E-state index contributed by atoms with van der Waals surface area (Å²) < 4.78 is 5.64. The number of halogens is 1. The molecular weight excluding hydrogens is 442 g/mol. The molecule has 0 saturated carbocycles. The lowest BCUT2D eigenvalue weighted by Crippen LogP contribution is -2.45. The minimum absolute atomic E-state index is 0.0445. The molecule has 1 aromatic heterocycles. The van der Waals surface area contributed by atoms with E-state index in [0.717, 1.165) is 55.7 Å². The quantitative estimate of drug-likeness (QED) is 0.609. The molecule has 2 aliphatic rings. The first kappa shape index (κ1) is 23.2. The van der Waals surface area contributed by atoms with E-state index in [1.54, 1.807) is 0 Å². The minimum Gasteiger partial charge on any atom is -0.381 e. The van der Waals surface area contributed by atoms with Crippen molar-refractivity contribution in [1.82, 2.24) is 15.3 Å². The summed E-state index contributed by atoms with van der Waals surface area (Å²) in [6, 6.07) is 10.2. The minimum atomic E-state index is -0.0445. The van der Waals surface area contributed by atoms with Gasteiger partial charge >= 0.3 is 0 Å². The van der Waals surface area contributed by atoms with Gasteiger partial charge in [-0.15, -0.1) is 0 Å². The summed E-state index contributed by atoms with van der Waals surface area (Å²) in [5.74, 6) is 2.20. The molecule has 6 nitrogen and oxygen atoms in total. The van der Waals surface area contributed by atoms with Crippen molar-refractivity contribution in [3.05, 3.63) is 46.6 Å². The van der Waals surface area contributed by atoms with Crippen LogP contribution in [0.2, 0.25) is 5.02 Å². The Morgan fingerprint density at radius 3 is 2.72 bits per heavy atom. The highest BCUT2D eigenvalue weighted by atomic mass is 35.5. The Kier molecular flexibility index (Phi) is 7.48. The molecule has 0 bridgehead atoms. The Hall–Kier alpha value is -1.96. The molecule has 0 radical (unpaired) electrons. The van der Waals surface area contributed by atoms with E-state index in [9.17, 15) is 0 Å². The van der Waals surface area contributed by atoms with E-state index in [1.807, 2.05) is 19.1 Å². The lowest BCUT2D eigenvalue weighted by atomic mass is 9.74. The third-order valence-corrected chi connectivity index (χ3v) is 7.04. The van der Waals surface area contributed by atoms with Crippen LogP contribution in [0.5, 0.6) is 0 Å². The fourth-order valence-corrected chi connectivity index (χ4v) is 4.99. The van der Waals surface area contributed by atoms with Crippen LogP contribution in [0.4, 0.5) is 11.8 Å². The van der Waals surface area contributed by atoms with Gasteiger partial charge in [-0.1, -0.05) is 30.7 Å². The van der Waals surface area contributed by atoms with E-state index in [0.29, 0.717) is 23.5 Å². The van der Waals surface area contributed by atoms with Gasteiger partial charge in [-0.25, -0.2) is 4.98 Å². The zero-order valence-electron chi connectivity index (χ0n) is 18.9. The molecule has 8 heteroatoms. The molecular formula is C24H32ClN5OS. The van der Waals surface area contributed by atoms with E-state index in [2.05, 4.69) is 45.6 Å². The van der Waals surface area contributed by atoms with Crippen LogP contribution >= 0.6 is 23.8 Å². The second-order valence-electron chi connectivity index (χ2n) is 9.09. The van der Waals surface area contributed by atoms with Gasteiger partial charge in [0.1, 0.15) is 5.82 Å². The number of aryl methyl sites for hydroxylation is 1. The van der Waals surface area contributed by atoms with Crippen LogP contribution in [-0.4, -0.2) is 47.9 Å². The first-order chi connectivity index (χ1) is 15.4. The number of rotatable bonds is 5. The summed E-state index contributed by atoms with van der Waals surface area (Å²) in [6.07, 6.45) is 4.34. The van der Waals surface area contributed by atoms with Crippen LogP contribution in [0.3, 0.4) is 0 Å². The molecule has 4 rings (SSSR count). The predicted octanol–water partition coefficient (Wildman–Crippen LogP) is 4.71. The van der Waals surface area contributed by atoms with Crippen molar-refractivity contribution in [3.63, 3.8) is 0 Å². The highest BCUT2D eigenvalue weighted by Crippen LogP contribution is 2.35. The average molecular weight is 474 g/mol. The topological polar surface area (TPSA) is 62.3 Å². The lowest BCUT2D eigenvalue weighted by Gasteiger charge is -2.38. The normalized spacial score (nSPS) is 20.6. The molecule has 0 spiro atoms. The van der Waals surface area contributed by atoms with E-state index in [-0.39, 0.29) is 5.41 Å². The van der Waals surface area contributed by atoms with Crippen molar-refractivity contribution < 1.29 is 4.74 Å². The molecule has 2 N–H and O–H groups in total.